The van der Waals surface area contributed by atoms with Crippen LogP contribution in [0.4, 0.5) is 11.8 Å². The molecule has 1 saturated heterocycles. The third-order valence-corrected chi connectivity index (χ3v) is 5.47. The maximum Gasteiger partial charge on any atom is 0.229 e. The molecule has 1 aromatic carbocycles. The molecule has 1 aliphatic rings. The van der Waals surface area contributed by atoms with E-state index in [2.05, 4.69) is 43.6 Å². The first kappa shape index (κ1) is 22.0. The first-order chi connectivity index (χ1) is 15.5. The molecule has 9 nitrogen and oxygen atoms in total. The maximum absolute atomic E-state index is 9.87. The van der Waals surface area contributed by atoms with Gasteiger partial charge in [0.05, 0.1) is 0 Å². The molecule has 168 valence electrons. The van der Waals surface area contributed by atoms with Gasteiger partial charge in [-0.15, -0.1) is 0 Å². The standard InChI is InChI=1S/C23H29N7O2/c1-15-12-29(13-16(2)30(15)20-10-11-24-21(27-20)17(3)31)23-26-19(14-32-4)25-22(28-23)18-8-6-5-7-9-18/h5-11,15-17,31H,12-14H2,1-4H3/t15-,16+,17-/m1/s1. The molecule has 3 aromatic rings. The molecule has 32 heavy (non-hydrogen) atoms. The molecule has 3 heterocycles. The predicted molar refractivity (Wildman–Crippen MR) is 122 cm³/mol. The van der Waals surface area contributed by atoms with E-state index in [9.17, 15) is 5.11 Å². The molecule has 0 spiro atoms. The number of aliphatic hydroxyl groups excluding tert-OH is 1. The zero-order valence-corrected chi connectivity index (χ0v) is 18.9. The molecule has 0 aliphatic carbocycles. The van der Waals surface area contributed by atoms with Crippen molar-refractivity contribution in [2.45, 2.75) is 45.6 Å². The van der Waals surface area contributed by atoms with Gasteiger partial charge in [0, 0.05) is 44.0 Å². The molecule has 0 saturated carbocycles. The molecule has 2 aromatic heterocycles. The summed E-state index contributed by atoms with van der Waals surface area (Å²) in [6.07, 6.45) is 0.994. The predicted octanol–water partition coefficient (Wildman–Crippen LogP) is 2.63. The number of piperazine rings is 1. The highest BCUT2D eigenvalue weighted by molar-refractivity contribution is 5.56. The van der Waals surface area contributed by atoms with Crippen LogP contribution in [0.3, 0.4) is 0 Å². The lowest BCUT2D eigenvalue weighted by atomic mass is 10.1. The molecule has 1 fully saturated rings. The summed E-state index contributed by atoms with van der Waals surface area (Å²) in [5.41, 5.74) is 0.944. The number of methoxy groups -OCH3 is 1. The van der Waals surface area contributed by atoms with Crippen LogP contribution >= 0.6 is 0 Å². The third-order valence-electron chi connectivity index (χ3n) is 5.47. The highest BCUT2D eigenvalue weighted by Crippen LogP contribution is 2.26. The fourth-order valence-corrected chi connectivity index (χ4v) is 4.11. The van der Waals surface area contributed by atoms with Crippen LogP contribution in [0, 0.1) is 0 Å². The molecule has 1 N–H and O–H groups in total. The molecule has 4 rings (SSSR count). The molecule has 9 heteroatoms. The van der Waals surface area contributed by atoms with Gasteiger partial charge in [-0.1, -0.05) is 30.3 Å². The minimum atomic E-state index is -0.706. The van der Waals surface area contributed by atoms with Crippen LogP contribution in [0.1, 0.15) is 38.5 Å². The summed E-state index contributed by atoms with van der Waals surface area (Å²) >= 11 is 0. The summed E-state index contributed by atoms with van der Waals surface area (Å²) in [6.45, 7) is 7.76. The number of anilines is 2. The van der Waals surface area contributed by atoms with Crippen molar-refractivity contribution in [2.75, 3.05) is 30.0 Å². The van der Waals surface area contributed by atoms with Crippen molar-refractivity contribution in [3.8, 4) is 11.4 Å². The van der Waals surface area contributed by atoms with Crippen LogP contribution in [0.25, 0.3) is 11.4 Å². The van der Waals surface area contributed by atoms with E-state index in [0.717, 1.165) is 24.5 Å². The van der Waals surface area contributed by atoms with Gasteiger partial charge in [-0.3, -0.25) is 0 Å². The first-order valence-electron chi connectivity index (χ1n) is 10.8. The Bertz CT molecular complexity index is 1040. The summed E-state index contributed by atoms with van der Waals surface area (Å²) in [6, 6.07) is 12.1. The Kier molecular flexibility index (Phi) is 6.57. The number of rotatable bonds is 6. The van der Waals surface area contributed by atoms with E-state index in [1.807, 2.05) is 36.4 Å². The number of aromatic nitrogens is 5. The molecule has 0 radical (unpaired) electrons. The molecule has 1 aliphatic heterocycles. The van der Waals surface area contributed by atoms with Crippen molar-refractivity contribution in [1.82, 2.24) is 24.9 Å². The second-order valence-corrected chi connectivity index (χ2v) is 8.13. The van der Waals surface area contributed by atoms with Crippen molar-refractivity contribution in [2.24, 2.45) is 0 Å². The molecular weight excluding hydrogens is 406 g/mol. The zero-order chi connectivity index (χ0) is 22.7. The lowest BCUT2D eigenvalue weighted by Gasteiger charge is -2.45. The van der Waals surface area contributed by atoms with Gasteiger partial charge < -0.3 is 19.6 Å². The number of ether oxygens (including phenoxy) is 1. The Labute approximate surface area is 188 Å². The number of hydrogen-bond acceptors (Lipinski definition) is 9. The quantitative estimate of drug-likeness (QED) is 0.626. The molecular formula is C23H29N7O2. The Morgan fingerprint density at radius 3 is 2.41 bits per heavy atom. The summed E-state index contributed by atoms with van der Waals surface area (Å²) in [7, 11) is 1.64. The van der Waals surface area contributed by atoms with Gasteiger partial charge in [0.15, 0.2) is 17.5 Å². The van der Waals surface area contributed by atoms with Crippen LogP contribution in [0.15, 0.2) is 42.6 Å². The van der Waals surface area contributed by atoms with Crippen LogP contribution in [-0.2, 0) is 11.3 Å². The molecule has 3 atom stereocenters. The Morgan fingerprint density at radius 2 is 1.75 bits per heavy atom. The highest BCUT2D eigenvalue weighted by Gasteiger charge is 2.32. The van der Waals surface area contributed by atoms with E-state index >= 15 is 0 Å². The van der Waals surface area contributed by atoms with Gasteiger partial charge in [0.2, 0.25) is 5.95 Å². The normalized spacial score (nSPS) is 19.8. The number of benzene rings is 1. The van der Waals surface area contributed by atoms with Gasteiger partial charge >= 0.3 is 0 Å². The SMILES string of the molecule is COCc1nc(-c2ccccc2)nc(N2C[C@@H](C)N(c3ccnc([C@@H](C)O)n3)[C@@H](C)C2)n1. The summed E-state index contributed by atoms with van der Waals surface area (Å²) in [5.74, 6) is 3.14. The second-order valence-electron chi connectivity index (χ2n) is 8.13. The van der Waals surface area contributed by atoms with Crippen molar-refractivity contribution >= 4 is 11.8 Å². The largest absolute Gasteiger partial charge is 0.385 e. The average molecular weight is 436 g/mol. The topological polar surface area (TPSA) is 100 Å². The number of hydrogen-bond donors (Lipinski definition) is 1. The van der Waals surface area contributed by atoms with Gasteiger partial charge in [0.25, 0.3) is 0 Å². The molecule has 0 unspecified atom stereocenters. The fourth-order valence-electron chi connectivity index (χ4n) is 4.11. The van der Waals surface area contributed by atoms with Gasteiger partial charge in [0.1, 0.15) is 18.5 Å². The lowest BCUT2D eigenvalue weighted by Crippen LogP contribution is -2.57. The third kappa shape index (κ3) is 4.68. The Hall–Kier alpha value is -3.17. The van der Waals surface area contributed by atoms with E-state index in [1.165, 1.54) is 0 Å². The Balaban J connectivity index is 1.62. The van der Waals surface area contributed by atoms with E-state index in [0.29, 0.717) is 30.0 Å². The smallest absolute Gasteiger partial charge is 0.229 e. The number of aliphatic hydroxyl groups is 1. The van der Waals surface area contributed by atoms with Crippen molar-refractivity contribution in [1.29, 1.82) is 0 Å². The van der Waals surface area contributed by atoms with Crippen molar-refractivity contribution in [3.63, 3.8) is 0 Å². The van der Waals surface area contributed by atoms with E-state index < -0.39 is 6.10 Å². The fraction of sp³-hybridized carbons (Fsp3) is 0.435. The molecule has 0 bridgehead atoms. The Morgan fingerprint density at radius 1 is 1.03 bits per heavy atom. The van der Waals surface area contributed by atoms with Gasteiger partial charge in [-0.05, 0) is 26.8 Å². The minimum absolute atomic E-state index is 0.151. The summed E-state index contributed by atoms with van der Waals surface area (Å²) in [4.78, 5) is 27.3. The van der Waals surface area contributed by atoms with E-state index in [4.69, 9.17) is 9.72 Å². The van der Waals surface area contributed by atoms with Crippen LogP contribution in [0.5, 0.6) is 0 Å². The van der Waals surface area contributed by atoms with Crippen molar-refractivity contribution < 1.29 is 9.84 Å². The van der Waals surface area contributed by atoms with Crippen LogP contribution < -0.4 is 9.80 Å². The zero-order valence-electron chi connectivity index (χ0n) is 18.9. The highest BCUT2D eigenvalue weighted by atomic mass is 16.5. The van der Waals surface area contributed by atoms with Crippen LogP contribution in [0.2, 0.25) is 0 Å². The van der Waals surface area contributed by atoms with Gasteiger partial charge in [-0.2, -0.15) is 9.97 Å². The maximum atomic E-state index is 9.87. The summed E-state index contributed by atoms with van der Waals surface area (Å²) < 4.78 is 5.29. The second kappa shape index (κ2) is 9.54. The number of nitrogens with zero attached hydrogens (tertiary/aromatic N) is 7. The van der Waals surface area contributed by atoms with E-state index in [1.54, 1.807) is 20.2 Å². The van der Waals surface area contributed by atoms with Gasteiger partial charge in [-0.25, -0.2) is 15.0 Å². The minimum Gasteiger partial charge on any atom is -0.385 e. The average Bonchev–Trinajstić information content (AvgIpc) is 2.79. The van der Waals surface area contributed by atoms with Crippen LogP contribution in [-0.4, -0.2) is 62.3 Å². The van der Waals surface area contributed by atoms with E-state index in [-0.39, 0.29) is 12.1 Å². The summed E-state index contributed by atoms with van der Waals surface area (Å²) in [5, 5.41) is 9.87. The lowest BCUT2D eigenvalue weighted by molar-refractivity contribution is 0.177. The molecule has 0 amide bonds. The monoisotopic (exact) mass is 435 g/mol. The first-order valence-corrected chi connectivity index (χ1v) is 10.8. The van der Waals surface area contributed by atoms with Crippen molar-refractivity contribution in [3.05, 3.63) is 54.2 Å².